The van der Waals surface area contributed by atoms with Gasteiger partial charge in [-0.2, -0.15) is 5.26 Å². The molecule has 2 aromatic rings. The van der Waals surface area contributed by atoms with Crippen LogP contribution in [0.1, 0.15) is 27.9 Å². The maximum Gasteiger partial charge on any atom is 0.343 e. The van der Waals surface area contributed by atoms with Crippen LogP contribution >= 0.6 is 0 Å². The van der Waals surface area contributed by atoms with Crippen LogP contribution < -0.4 is 4.74 Å². The molecule has 0 saturated carbocycles. The second-order valence-electron chi connectivity index (χ2n) is 4.79. The largest absolute Gasteiger partial charge is 0.423 e. The SMILES string of the molecule is C=CCCc1ccc(C(=O)Oc2cc(F)c(C#N)c(F)c2)cc1. The highest BCUT2D eigenvalue weighted by Crippen LogP contribution is 2.21. The van der Waals surface area contributed by atoms with E-state index in [1.54, 1.807) is 30.3 Å². The van der Waals surface area contributed by atoms with Gasteiger partial charge in [-0.25, -0.2) is 13.6 Å². The summed E-state index contributed by atoms with van der Waals surface area (Å²) in [5.41, 5.74) is 0.589. The first-order valence-electron chi connectivity index (χ1n) is 6.86. The average molecular weight is 313 g/mol. The van der Waals surface area contributed by atoms with E-state index in [0.29, 0.717) is 0 Å². The number of hydrogen-bond acceptors (Lipinski definition) is 3. The van der Waals surface area contributed by atoms with Gasteiger partial charge in [0.25, 0.3) is 0 Å². The van der Waals surface area contributed by atoms with Crippen LogP contribution in [0.4, 0.5) is 8.78 Å². The maximum atomic E-state index is 13.5. The zero-order valence-corrected chi connectivity index (χ0v) is 12.2. The number of carbonyl (C=O) groups is 1. The summed E-state index contributed by atoms with van der Waals surface area (Å²) in [6.07, 6.45) is 3.44. The van der Waals surface area contributed by atoms with Crippen LogP contribution in [0.3, 0.4) is 0 Å². The topological polar surface area (TPSA) is 50.1 Å². The molecule has 0 unspecified atom stereocenters. The lowest BCUT2D eigenvalue weighted by Gasteiger charge is -2.06. The molecule has 3 nitrogen and oxygen atoms in total. The Bertz CT molecular complexity index is 754. The number of halogens is 2. The van der Waals surface area contributed by atoms with Crippen LogP contribution in [0.2, 0.25) is 0 Å². The third kappa shape index (κ3) is 4.01. The molecule has 0 aromatic heterocycles. The first-order chi connectivity index (χ1) is 11.0. The van der Waals surface area contributed by atoms with Gasteiger partial charge in [0.05, 0.1) is 5.56 Å². The molecule has 0 spiro atoms. The Hall–Kier alpha value is -3.00. The van der Waals surface area contributed by atoms with Crippen molar-refractivity contribution in [2.45, 2.75) is 12.8 Å². The lowest BCUT2D eigenvalue weighted by molar-refractivity contribution is 0.0734. The van der Waals surface area contributed by atoms with Crippen molar-refractivity contribution >= 4 is 5.97 Å². The van der Waals surface area contributed by atoms with Crippen molar-refractivity contribution in [3.8, 4) is 11.8 Å². The zero-order chi connectivity index (χ0) is 16.8. The van der Waals surface area contributed by atoms with Crippen LogP contribution in [0.25, 0.3) is 0 Å². The van der Waals surface area contributed by atoms with Crippen molar-refractivity contribution in [3.63, 3.8) is 0 Å². The molecule has 0 atom stereocenters. The Morgan fingerprint density at radius 1 is 1.22 bits per heavy atom. The monoisotopic (exact) mass is 313 g/mol. The molecular formula is C18H13F2NO2. The van der Waals surface area contributed by atoms with Gasteiger partial charge in [0.1, 0.15) is 29.0 Å². The van der Waals surface area contributed by atoms with Crippen molar-refractivity contribution in [1.29, 1.82) is 5.26 Å². The summed E-state index contributed by atoms with van der Waals surface area (Å²) in [6.45, 7) is 3.64. The van der Waals surface area contributed by atoms with Gasteiger partial charge in [-0.1, -0.05) is 18.2 Å². The van der Waals surface area contributed by atoms with Crippen LogP contribution in [-0.2, 0) is 6.42 Å². The number of nitriles is 1. The summed E-state index contributed by atoms with van der Waals surface area (Å²) in [6, 6.07) is 9.72. The first-order valence-corrected chi connectivity index (χ1v) is 6.86. The van der Waals surface area contributed by atoms with E-state index in [-0.39, 0.29) is 11.3 Å². The summed E-state index contributed by atoms with van der Waals surface area (Å²) in [5, 5.41) is 8.59. The summed E-state index contributed by atoms with van der Waals surface area (Å²) in [7, 11) is 0. The molecule has 2 rings (SSSR count). The highest BCUT2D eigenvalue weighted by atomic mass is 19.1. The van der Waals surface area contributed by atoms with Gasteiger partial charge in [-0.15, -0.1) is 6.58 Å². The normalized spacial score (nSPS) is 9.96. The average Bonchev–Trinajstić information content (AvgIpc) is 2.53. The Morgan fingerprint density at radius 3 is 2.35 bits per heavy atom. The van der Waals surface area contributed by atoms with E-state index >= 15 is 0 Å². The Labute approximate surface area is 132 Å². The number of hydrogen-bond donors (Lipinski definition) is 0. The van der Waals surface area contributed by atoms with Crippen molar-refractivity contribution in [2.75, 3.05) is 0 Å². The maximum absolute atomic E-state index is 13.5. The smallest absolute Gasteiger partial charge is 0.343 e. The van der Waals surface area contributed by atoms with Gasteiger partial charge in [0.15, 0.2) is 0 Å². The summed E-state index contributed by atoms with van der Waals surface area (Å²) in [5.74, 6) is -3.17. The highest BCUT2D eigenvalue weighted by Gasteiger charge is 2.14. The quantitative estimate of drug-likeness (QED) is 0.473. The van der Waals surface area contributed by atoms with E-state index in [0.717, 1.165) is 30.5 Å². The van der Waals surface area contributed by atoms with Gasteiger partial charge in [0, 0.05) is 12.1 Å². The molecule has 0 bridgehead atoms. The molecule has 0 amide bonds. The molecule has 116 valence electrons. The minimum Gasteiger partial charge on any atom is -0.423 e. The number of aryl methyl sites for hydroxylation is 1. The number of carbonyl (C=O) groups excluding carboxylic acids is 1. The second kappa shape index (κ2) is 7.32. The van der Waals surface area contributed by atoms with Crippen molar-refractivity contribution in [1.82, 2.24) is 0 Å². The number of benzene rings is 2. The number of ether oxygens (including phenoxy) is 1. The number of esters is 1. The minimum absolute atomic E-state index is 0.262. The van der Waals surface area contributed by atoms with Crippen LogP contribution in [0.15, 0.2) is 49.1 Å². The second-order valence-corrected chi connectivity index (χ2v) is 4.79. The fourth-order valence-electron chi connectivity index (χ4n) is 1.96. The summed E-state index contributed by atoms with van der Waals surface area (Å²) in [4.78, 5) is 12.0. The standard InChI is InChI=1S/C18H13F2NO2/c1-2-3-4-12-5-7-13(8-6-12)18(22)23-14-9-16(19)15(11-21)17(20)10-14/h2,5-10H,1,3-4H2. The predicted octanol–water partition coefficient (Wildman–Crippen LogP) is 4.17. The zero-order valence-electron chi connectivity index (χ0n) is 12.2. The third-order valence-electron chi connectivity index (χ3n) is 3.16. The van der Waals surface area contributed by atoms with E-state index in [9.17, 15) is 13.6 Å². The fraction of sp³-hybridized carbons (Fsp3) is 0.111. The number of rotatable bonds is 5. The summed E-state index contributed by atoms with van der Waals surface area (Å²) < 4.78 is 31.9. The van der Waals surface area contributed by atoms with E-state index < -0.39 is 23.2 Å². The molecular weight excluding hydrogens is 300 g/mol. The third-order valence-corrected chi connectivity index (χ3v) is 3.16. The molecule has 23 heavy (non-hydrogen) atoms. The predicted molar refractivity (Wildman–Crippen MR) is 81.0 cm³/mol. The Kier molecular flexibility index (Phi) is 5.21. The number of nitrogens with zero attached hydrogens (tertiary/aromatic N) is 1. The molecule has 0 radical (unpaired) electrons. The van der Waals surface area contributed by atoms with Crippen LogP contribution in [0, 0.1) is 23.0 Å². The first kappa shape index (κ1) is 16.4. The molecule has 0 saturated heterocycles. The van der Waals surface area contributed by atoms with Gasteiger partial charge in [0.2, 0.25) is 0 Å². The molecule has 2 aromatic carbocycles. The molecule has 0 aliphatic rings. The van der Waals surface area contributed by atoms with Crippen LogP contribution in [-0.4, -0.2) is 5.97 Å². The number of allylic oxidation sites excluding steroid dienone is 1. The highest BCUT2D eigenvalue weighted by molar-refractivity contribution is 5.91. The molecule has 0 heterocycles. The van der Waals surface area contributed by atoms with Gasteiger partial charge in [-0.3, -0.25) is 0 Å². The minimum atomic E-state index is -1.07. The molecule has 5 heteroatoms. The lowest BCUT2D eigenvalue weighted by Crippen LogP contribution is -2.09. The fourth-order valence-corrected chi connectivity index (χ4v) is 1.96. The molecule has 0 aliphatic heterocycles. The van der Waals surface area contributed by atoms with Gasteiger partial charge in [-0.05, 0) is 30.5 Å². The van der Waals surface area contributed by atoms with E-state index in [1.165, 1.54) is 6.07 Å². The molecule has 0 N–H and O–H groups in total. The van der Waals surface area contributed by atoms with Gasteiger partial charge < -0.3 is 4.74 Å². The lowest BCUT2D eigenvalue weighted by atomic mass is 10.1. The molecule has 0 aliphatic carbocycles. The van der Waals surface area contributed by atoms with E-state index in [2.05, 4.69) is 6.58 Å². The van der Waals surface area contributed by atoms with E-state index in [1.807, 2.05) is 0 Å². The van der Waals surface area contributed by atoms with Crippen LogP contribution in [0.5, 0.6) is 5.75 Å². The summed E-state index contributed by atoms with van der Waals surface area (Å²) >= 11 is 0. The van der Waals surface area contributed by atoms with Gasteiger partial charge >= 0.3 is 5.97 Å². The van der Waals surface area contributed by atoms with Crippen molar-refractivity contribution < 1.29 is 18.3 Å². The van der Waals surface area contributed by atoms with E-state index in [4.69, 9.17) is 10.00 Å². The molecule has 0 fully saturated rings. The van der Waals surface area contributed by atoms with Crippen molar-refractivity contribution in [3.05, 3.63) is 77.4 Å². The Balaban J connectivity index is 2.13. The van der Waals surface area contributed by atoms with Crippen molar-refractivity contribution in [2.24, 2.45) is 0 Å². The Morgan fingerprint density at radius 2 is 1.83 bits per heavy atom.